The molecule has 1 aromatic rings. The minimum Gasteiger partial charge on any atom is -0.466 e. The van der Waals surface area contributed by atoms with Gasteiger partial charge in [-0.2, -0.15) is 13.2 Å². The minimum atomic E-state index is -4.52. The lowest BCUT2D eigenvalue weighted by Gasteiger charge is -2.09. The van der Waals surface area contributed by atoms with Crippen molar-refractivity contribution in [1.29, 1.82) is 0 Å². The Morgan fingerprint density at radius 2 is 2.06 bits per heavy atom. The zero-order valence-electron chi connectivity index (χ0n) is 8.72. The van der Waals surface area contributed by atoms with Crippen LogP contribution in [0.15, 0.2) is 24.3 Å². The monoisotopic (exact) mass is 264 g/mol. The Hall–Kier alpha value is -1.49. The normalized spacial score (nSPS) is 11.8. The molecule has 0 amide bonds. The summed E-state index contributed by atoms with van der Waals surface area (Å²) in [6.45, 7) is 0. The van der Waals surface area contributed by atoms with Crippen LogP contribution in [-0.2, 0) is 15.7 Å². The molecule has 0 radical (unpaired) electrons. The van der Waals surface area contributed by atoms with Crippen LogP contribution in [0.4, 0.5) is 13.2 Å². The summed E-state index contributed by atoms with van der Waals surface area (Å²) in [7, 11) is 1.18. The van der Waals surface area contributed by atoms with Crippen LogP contribution >= 0.6 is 11.6 Å². The lowest BCUT2D eigenvalue weighted by molar-refractivity contribution is -0.137. The van der Waals surface area contributed by atoms with Gasteiger partial charge >= 0.3 is 12.1 Å². The third kappa shape index (κ3) is 3.78. The first kappa shape index (κ1) is 13.6. The van der Waals surface area contributed by atoms with Crippen LogP contribution in [0.25, 0.3) is 6.08 Å². The first-order chi connectivity index (χ1) is 7.84. The standard InChI is InChI=1S/C11H8ClF3O2/c1-17-10(16)5-3-7-2-4-9(12)8(6-7)11(13,14)15/h2-6H,1H3/b5-3-. The number of carbonyl (C=O) groups excluding carboxylic acids is 1. The summed E-state index contributed by atoms with van der Waals surface area (Å²) in [5, 5.41) is -0.382. The molecule has 1 aromatic carbocycles. The maximum Gasteiger partial charge on any atom is 0.417 e. The molecule has 0 N–H and O–H groups in total. The number of methoxy groups -OCH3 is 1. The summed E-state index contributed by atoms with van der Waals surface area (Å²) in [4.78, 5) is 10.8. The highest BCUT2D eigenvalue weighted by Gasteiger charge is 2.33. The van der Waals surface area contributed by atoms with Gasteiger partial charge in [0.1, 0.15) is 0 Å². The van der Waals surface area contributed by atoms with Crippen LogP contribution in [0.2, 0.25) is 5.02 Å². The number of halogens is 4. The van der Waals surface area contributed by atoms with Crippen LogP contribution in [0, 0.1) is 0 Å². The van der Waals surface area contributed by atoms with Crippen molar-refractivity contribution in [3.63, 3.8) is 0 Å². The Bertz CT molecular complexity index is 453. The van der Waals surface area contributed by atoms with Crippen molar-refractivity contribution in [2.45, 2.75) is 6.18 Å². The Morgan fingerprint density at radius 3 is 2.59 bits per heavy atom. The molecular formula is C11H8ClF3O2. The topological polar surface area (TPSA) is 26.3 Å². The van der Waals surface area contributed by atoms with Gasteiger partial charge < -0.3 is 4.74 Å². The van der Waals surface area contributed by atoms with E-state index in [0.29, 0.717) is 0 Å². The highest BCUT2D eigenvalue weighted by atomic mass is 35.5. The van der Waals surface area contributed by atoms with Gasteiger partial charge in [0.25, 0.3) is 0 Å². The third-order valence-corrected chi connectivity index (χ3v) is 2.24. The van der Waals surface area contributed by atoms with Crippen molar-refractivity contribution in [3.05, 3.63) is 40.4 Å². The molecule has 0 unspecified atom stereocenters. The van der Waals surface area contributed by atoms with E-state index in [1.807, 2.05) is 0 Å². The Kier molecular flexibility index (Phi) is 4.17. The summed E-state index contributed by atoms with van der Waals surface area (Å²) in [6, 6.07) is 3.36. The molecule has 0 saturated heterocycles. The van der Waals surface area contributed by atoms with E-state index in [-0.39, 0.29) is 10.6 Å². The van der Waals surface area contributed by atoms with Crippen molar-refractivity contribution in [2.75, 3.05) is 7.11 Å². The van der Waals surface area contributed by atoms with Crippen LogP contribution in [0.1, 0.15) is 11.1 Å². The summed E-state index contributed by atoms with van der Waals surface area (Å²) in [5.41, 5.74) is -0.724. The number of benzene rings is 1. The molecule has 0 aliphatic carbocycles. The van der Waals surface area contributed by atoms with Crippen molar-refractivity contribution < 1.29 is 22.7 Å². The molecule has 0 saturated carbocycles. The number of esters is 1. The lowest BCUT2D eigenvalue weighted by atomic mass is 10.1. The van der Waals surface area contributed by atoms with E-state index < -0.39 is 17.7 Å². The molecule has 2 nitrogen and oxygen atoms in total. The van der Waals surface area contributed by atoms with Gasteiger partial charge in [-0.05, 0) is 23.8 Å². The van der Waals surface area contributed by atoms with Crippen molar-refractivity contribution in [2.24, 2.45) is 0 Å². The van der Waals surface area contributed by atoms with Crippen LogP contribution in [-0.4, -0.2) is 13.1 Å². The molecule has 0 spiro atoms. The molecule has 0 aliphatic rings. The fourth-order valence-corrected chi connectivity index (χ4v) is 1.32. The van der Waals surface area contributed by atoms with Gasteiger partial charge in [-0.15, -0.1) is 0 Å². The third-order valence-electron chi connectivity index (χ3n) is 1.91. The van der Waals surface area contributed by atoms with Gasteiger partial charge in [0.2, 0.25) is 0 Å². The highest BCUT2D eigenvalue weighted by molar-refractivity contribution is 6.31. The maximum absolute atomic E-state index is 12.5. The summed E-state index contributed by atoms with van der Waals surface area (Å²) >= 11 is 5.44. The van der Waals surface area contributed by atoms with E-state index >= 15 is 0 Å². The van der Waals surface area contributed by atoms with Gasteiger partial charge in [-0.3, -0.25) is 0 Å². The molecule has 0 heterocycles. The fourth-order valence-electron chi connectivity index (χ4n) is 1.10. The van der Waals surface area contributed by atoms with Crippen molar-refractivity contribution in [3.8, 4) is 0 Å². The SMILES string of the molecule is COC(=O)/C=C\c1ccc(Cl)c(C(F)(F)F)c1. The van der Waals surface area contributed by atoms with E-state index in [2.05, 4.69) is 4.74 Å². The number of ether oxygens (including phenoxy) is 1. The Morgan fingerprint density at radius 1 is 1.41 bits per heavy atom. The fraction of sp³-hybridized carbons (Fsp3) is 0.182. The summed E-state index contributed by atoms with van der Waals surface area (Å²) < 4.78 is 41.8. The summed E-state index contributed by atoms with van der Waals surface area (Å²) in [6.07, 6.45) is -2.27. The molecule has 92 valence electrons. The van der Waals surface area contributed by atoms with E-state index in [1.54, 1.807) is 0 Å². The van der Waals surface area contributed by atoms with Crippen molar-refractivity contribution in [1.82, 2.24) is 0 Å². The van der Waals surface area contributed by atoms with E-state index in [9.17, 15) is 18.0 Å². The second-order valence-corrected chi connectivity index (χ2v) is 3.50. The molecule has 17 heavy (non-hydrogen) atoms. The molecule has 0 fully saturated rings. The second kappa shape index (κ2) is 5.23. The quantitative estimate of drug-likeness (QED) is 0.603. The number of carbonyl (C=O) groups is 1. The average molecular weight is 265 g/mol. The largest absolute Gasteiger partial charge is 0.466 e. The summed E-state index contributed by atoms with van der Waals surface area (Å²) in [5.74, 6) is -0.645. The lowest BCUT2D eigenvalue weighted by Crippen LogP contribution is -2.06. The molecular weight excluding hydrogens is 257 g/mol. The predicted octanol–water partition coefficient (Wildman–Crippen LogP) is 3.55. The molecule has 0 aromatic heterocycles. The van der Waals surface area contributed by atoms with E-state index in [4.69, 9.17) is 11.6 Å². The predicted molar refractivity (Wildman–Crippen MR) is 57.5 cm³/mol. The van der Waals surface area contributed by atoms with Gasteiger partial charge in [0.05, 0.1) is 17.7 Å². The van der Waals surface area contributed by atoms with E-state index in [0.717, 1.165) is 18.2 Å². The zero-order valence-corrected chi connectivity index (χ0v) is 9.47. The number of hydrogen-bond donors (Lipinski definition) is 0. The number of hydrogen-bond acceptors (Lipinski definition) is 2. The Labute approximate surface area is 101 Å². The smallest absolute Gasteiger partial charge is 0.417 e. The molecule has 0 atom stereocenters. The molecule has 0 bridgehead atoms. The second-order valence-electron chi connectivity index (χ2n) is 3.09. The first-order valence-corrected chi connectivity index (χ1v) is 4.85. The minimum absolute atomic E-state index is 0.215. The van der Waals surface area contributed by atoms with Crippen LogP contribution < -0.4 is 0 Å². The van der Waals surface area contributed by atoms with Crippen molar-refractivity contribution >= 4 is 23.6 Å². The van der Waals surface area contributed by atoms with Crippen LogP contribution in [0.3, 0.4) is 0 Å². The first-order valence-electron chi connectivity index (χ1n) is 4.47. The van der Waals surface area contributed by atoms with Gasteiger partial charge in [-0.25, -0.2) is 4.79 Å². The van der Waals surface area contributed by atoms with E-state index in [1.165, 1.54) is 19.3 Å². The van der Waals surface area contributed by atoms with Gasteiger partial charge in [-0.1, -0.05) is 17.7 Å². The zero-order chi connectivity index (χ0) is 13.1. The molecule has 1 rings (SSSR count). The molecule has 6 heteroatoms. The van der Waals surface area contributed by atoms with Crippen LogP contribution in [0.5, 0.6) is 0 Å². The van der Waals surface area contributed by atoms with Gasteiger partial charge in [0.15, 0.2) is 0 Å². The maximum atomic E-state index is 12.5. The van der Waals surface area contributed by atoms with Gasteiger partial charge in [0, 0.05) is 6.08 Å². The number of rotatable bonds is 2. The Balaban J connectivity index is 3.05. The number of alkyl halides is 3. The highest BCUT2D eigenvalue weighted by Crippen LogP contribution is 2.35. The molecule has 0 aliphatic heterocycles. The average Bonchev–Trinajstić information content (AvgIpc) is 2.26.